The summed E-state index contributed by atoms with van der Waals surface area (Å²) in [6, 6.07) is 0. The third-order valence-electron chi connectivity index (χ3n) is 4.43. The molecular formula is C10H16N2O. The normalized spacial score (nSPS) is 44.7. The van der Waals surface area contributed by atoms with Crippen molar-refractivity contribution in [3.8, 4) is 0 Å². The van der Waals surface area contributed by atoms with Crippen LogP contribution in [0.5, 0.6) is 0 Å². The summed E-state index contributed by atoms with van der Waals surface area (Å²) in [7, 11) is 0. The number of Topliss-reactive ketones (excluding diaryl/α,β-unsaturated/α-hetero) is 1. The summed E-state index contributed by atoms with van der Waals surface area (Å²) in [6.45, 7) is 6.36. The van der Waals surface area contributed by atoms with Crippen molar-refractivity contribution in [1.82, 2.24) is 0 Å². The maximum atomic E-state index is 11.9. The minimum Gasteiger partial charge on any atom is -0.323 e. The van der Waals surface area contributed by atoms with Crippen molar-refractivity contribution in [2.24, 2.45) is 27.7 Å². The number of carbonyl (C=O) groups excluding carboxylic acids is 1. The van der Waals surface area contributed by atoms with E-state index in [2.05, 4.69) is 18.9 Å². The van der Waals surface area contributed by atoms with Crippen molar-refractivity contribution in [2.45, 2.75) is 33.6 Å². The number of hydrazone groups is 1. The van der Waals surface area contributed by atoms with Crippen molar-refractivity contribution in [3.63, 3.8) is 0 Å². The van der Waals surface area contributed by atoms with Gasteiger partial charge >= 0.3 is 0 Å². The molecule has 2 saturated carbocycles. The van der Waals surface area contributed by atoms with Gasteiger partial charge in [-0.1, -0.05) is 20.8 Å². The van der Waals surface area contributed by atoms with Crippen LogP contribution in [0, 0.1) is 16.7 Å². The van der Waals surface area contributed by atoms with E-state index in [1.54, 1.807) is 0 Å². The van der Waals surface area contributed by atoms with E-state index in [-0.39, 0.29) is 22.5 Å². The maximum absolute atomic E-state index is 11.9. The number of ketones is 1. The van der Waals surface area contributed by atoms with Crippen LogP contribution in [-0.4, -0.2) is 11.5 Å². The molecule has 2 N–H and O–H groups in total. The Morgan fingerprint density at radius 3 is 2.38 bits per heavy atom. The number of nitrogens with zero attached hydrogens (tertiary/aromatic N) is 1. The first-order valence-corrected chi connectivity index (χ1v) is 4.78. The Balaban J connectivity index is 2.57. The van der Waals surface area contributed by atoms with Gasteiger partial charge in [-0.05, 0) is 18.3 Å². The van der Waals surface area contributed by atoms with Gasteiger partial charge in [-0.25, -0.2) is 0 Å². The topological polar surface area (TPSA) is 55.4 Å². The molecule has 2 aliphatic carbocycles. The fourth-order valence-corrected chi connectivity index (χ4v) is 2.97. The molecule has 3 nitrogen and oxygen atoms in total. The van der Waals surface area contributed by atoms with E-state index in [0.717, 1.165) is 12.8 Å². The molecule has 0 radical (unpaired) electrons. The Kier molecular flexibility index (Phi) is 1.44. The van der Waals surface area contributed by atoms with E-state index in [4.69, 9.17) is 5.84 Å². The van der Waals surface area contributed by atoms with E-state index in [1.165, 1.54) is 0 Å². The highest BCUT2D eigenvalue weighted by molar-refractivity contribution is 6.45. The van der Waals surface area contributed by atoms with Crippen LogP contribution >= 0.6 is 0 Å². The fraction of sp³-hybridized carbons (Fsp3) is 0.800. The van der Waals surface area contributed by atoms with Gasteiger partial charge in [0.15, 0.2) is 5.78 Å². The molecule has 72 valence electrons. The predicted octanol–water partition coefficient (Wildman–Crippen LogP) is 1.33. The number of hydrogen-bond donors (Lipinski definition) is 1. The Morgan fingerprint density at radius 1 is 1.46 bits per heavy atom. The molecule has 0 aromatic rings. The average Bonchev–Trinajstić information content (AvgIpc) is 2.36. The first kappa shape index (κ1) is 8.73. The number of rotatable bonds is 0. The second-order valence-electron chi connectivity index (χ2n) is 4.99. The molecule has 2 aliphatic rings. The monoisotopic (exact) mass is 180 g/mol. The molecule has 0 aromatic heterocycles. The van der Waals surface area contributed by atoms with Gasteiger partial charge in [0.25, 0.3) is 0 Å². The molecule has 3 heteroatoms. The van der Waals surface area contributed by atoms with E-state index < -0.39 is 0 Å². The highest BCUT2D eigenvalue weighted by atomic mass is 16.1. The lowest BCUT2D eigenvalue weighted by Crippen LogP contribution is -2.33. The lowest BCUT2D eigenvalue weighted by Gasteiger charge is -2.31. The average molecular weight is 180 g/mol. The third kappa shape index (κ3) is 0.713. The SMILES string of the molecule is CC12CCC(/C(=N/N)C1=O)C2(C)C. The van der Waals surface area contributed by atoms with Gasteiger partial charge in [-0.15, -0.1) is 0 Å². The van der Waals surface area contributed by atoms with Crippen molar-refractivity contribution >= 4 is 11.5 Å². The molecule has 0 amide bonds. The number of carbonyl (C=O) groups is 1. The van der Waals surface area contributed by atoms with E-state index in [0.29, 0.717) is 5.71 Å². The van der Waals surface area contributed by atoms with Crippen LogP contribution in [0.3, 0.4) is 0 Å². The van der Waals surface area contributed by atoms with Crippen LogP contribution in [0.4, 0.5) is 0 Å². The zero-order chi connectivity index (χ0) is 9.85. The Bertz CT molecular complexity index is 306. The third-order valence-corrected chi connectivity index (χ3v) is 4.43. The van der Waals surface area contributed by atoms with Crippen LogP contribution in [0.2, 0.25) is 0 Å². The van der Waals surface area contributed by atoms with Gasteiger partial charge in [0, 0.05) is 11.3 Å². The van der Waals surface area contributed by atoms with Gasteiger partial charge in [0.1, 0.15) is 5.71 Å². The van der Waals surface area contributed by atoms with Gasteiger partial charge in [0.05, 0.1) is 0 Å². The van der Waals surface area contributed by atoms with E-state index in [9.17, 15) is 4.79 Å². The van der Waals surface area contributed by atoms with E-state index >= 15 is 0 Å². The lowest BCUT2D eigenvalue weighted by molar-refractivity contribution is -0.123. The molecule has 2 atom stereocenters. The zero-order valence-corrected chi connectivity index (χ0v) is 8.42. The Morgan fingerprint density at radius 2 is 2.08 bits per heavy atom. The van der Waals surface area contributed by atoms with Crippen LogP contribution < -0.4 is 5.84 Å². The van der Waals surface area contributed by atoms with Crippen molar-refractivity contribution in [1.29, 1.82) is 0 Å². The largest absolute Gasteiger partial charge is 0.323 e. The second-order valence-corrected chi connectivity index (χ2v) is 4.99. The highest BCUT2D eigenvalue weighted by Gasteiger charge is 2.65. The molecule has 0 heterocycles. The van der Waals surface area contributed by atoms with Crippen LogP contribution in [-0.2, 0) is 4.79 Å². The van der Waals surface area contributed by atoms with Gasteiger partial charge in [-0.2, -0.15) is 5.10 Å². The van der Waals surface area contributed by atoms with Crippen LogP contribution in [0.1, 0.15) is 33.6 Å². The van der Waals surface area contributed by atoms with Gasteiger partial charge < -0.3 is 5.84 Å². The molecule has 13 heavy (non-hydrogen) atoms. The molecule has 0 spiro atoms. The smallest absolute Gasteiger partial charge is 0.185 e. The molecular weight excluding hydrogens is 164 g/mol. The van der Waals surface area contributed by atoms with Crippen molar-refractivity contribution in [2.75, 3.05) is 0 Å². The highest BCUT2D eigenvalue weighted by Crippen LogP contribution is 2.62. The second kappa shape index (κ2) is 2.14. The molecule has 0 aromatic carbocycles. The summed E-state index contributed by atoms with van der Waals surface area (Å²) in [6.07, 6.45) is 2.05. The number of nitrogens with two attached hydrogens (primary N) is 1. The summed E-state index contributed by atoms with van der Waals surface area (Å²) in [5.41, 5.74) is 0.455. The molecule has 2 fully saturated rings. The fourth-order valence-electron chi connectivity index (χ4n) is 2.97. The molecule has 0 saturated heterocycles. The molecule has 2 rings (SSSR count). The quantitative estimate of drug-likeness (QED) is 0.451. The number of hydrogen-bond acceptors (Lipinski definition) is 3. The van der Waals surface area contributed by atoms with Gasteiger partial charge in [-0.3, -0.25) is 4.79 Å². The standard InChI is InChI=1S/C10H16N2O/c1-9(2)6-4-5-10(9,3)8(13)7(6)12-11/h6H,4-5,11H2,1-3H3/b12-7-. The minimum atomic E-state index is -0.212. The lowest BCUT2D eigenvalue weighted by atomic mass is 9.70. The predicted molar refractivity (Wildman–Crippen MR) is 51.2 cm³/mol. The molecule has 0 aliphatic heterocycles. The van der Waals surface area contributed by atoms with E-state index in [1.807, 2.05) is 6.92 Å². The van der Waals surface area contributed by atoms with Crippen molar-refractivity contribution < 1.29 is 4.79 Å². The van der Waals surface area contributed by atoms with Crippen LogP contribution in [0.25, 0.3) is 0 Å². The number of fused-ring (bicyclic) bond motifs is 2. The summed E-state index contributed by atoms with van der Waals surface area (Å²) in [5.74, 6) is 5.72. The zero-order valence-electron chi connectivity index (χ0n) is 8.42. The molecule has 2 bridgehead atoms. The summed E-state index contributed by atoms with van der Waals surface area (Å²) in [5, 5.41) is 3.66. The maximum Gasteiger partial charge on any atom is 0.185 e. The van der Waals surface area contributed by atoms with Crippen molar-refractivity contribution in [3.05, 3.63) is 0 Å². The molecule has 2 unspecified atom stereocenters. The van der Waals surface area contributed by atoms with Gasteiger partial charge in [0.2, 0.25) is 0 Å². The van der Waals surface area contributed by atoms with Crippen LogP contribution in [0.15, 0.2) is 5.10 Å². The first-order valence-electron chi connectivity index (χ1n) is 4.78. The first-order chi connectivity index (χ1) is 5.95. The summed E-state index contributed by atoms with van der Waals surface area (Å²) in [4.78, 5) is 11.9. The Labute approximate surface area is 78.4 Å². The Hall–Kier alpha value is -0.860. The summed E-state index contributed by atoms with van der Waals surface area (Å²) < 4.78 is 0. The minimum absolute atomic E-state index is 0.0439. The summed E-state index contributed by atoms with van der Waals surface area (Å²) >= 11 is 0.